The Morgan fingerprint density at radius 1 is 1.29 bits per heavy atom. The molecule has 4 nitrogen and oxygen atoms in total. The van der Waals surface area contributed by atoms with E-state index >= 15 is 0 Å². The number of allylic oxidation sites excluding steroid dienone is 2. The summed E-state index contributed by atoms with van der Waals surface area (Å²) in [5.41, 5.74) is 0. The molecule has 0 aromatic heterocycles. The maximum atomic E-state index is 12.1. The van der Waals surface area contributed by atoms with E-state index in [0.29, 0.717) is 25.3 Å². The third-order valence-electron chi connectivity index (χ3n) is 3.66. The SMILES string of the molecule is O=C(O)[C@H]1CCCCN1C(=O)C[C@@H]1C=CCC1. The van der Waals surface area contributed by atoms with Gasteiger partial charge in [0.1, 0.15) is 6.04 Å². The largest absolute Gasteiger partial charge is 0.480 e. The zero-order chi connectivity index (χ0) is 12.3. The normalized spacial score (nSPS) is 28.4. The molecule has 0 saturated carbocycles. The summed E-state index contributed by atoms with van der Waals surface area (Å²) in [5, 5.41) is 9.11. The predicted octanol–water partition coefficient (Wildman–Crippen LogP) is 1.81. The second-order valence-corrected chi connectivity index (χ2v) is 4.91. The molecule has 0 radical (unpaired) electrons. The van der Waals surface area contributed by atoms with Crippen LogP contribution in [0.15, 0.2) is 12.2 Å². The Balaban J connectivity index is 1.95. The summed E-state index contributed by atoms with van der Waals surface area (Å²) in [7, 11) is 0. The van der Waals surface area contributed by atoms with E-state index in [1.807, 2.05) is 0 Å². The van der Waals surface area contributed by atoms with Gasteiger partial charge in [-0.3, -0.25) is 4.79 Å². The monoisotopic (exact) mass is 237 g/mol. The number of carboxylic acids is 1. The average molecular weight is 237 g/mol. The molecule has 94 valence electrons. The minimum Gasteiger partial charge on any atom is -0.480 e. The number of carboxylic acid groups (broad SMARTS) is 1. The number of carbonyl (C=O) groups is 2. The fourth-order valence-corrected chi connectivity index (χ4v) is 2.69. The van der Waals surface area contributed by atoms with Crippen molar-refractivity contribution < 1.29 is 14.7 Å². The topological polar surface area (TPSA) is 57.6 Å². The van der Waals surface area contributed by atoms with Gasteiger partial charge in [0.15, 0.2) is 0 Å². The summed E-state index contributed by atoms with van der Waals surface area (Å²) >= 11 is 0. The molecule has 4 heteroatoms. The van der Waals surface area contributed by atoms with Crippen LogP contribution in [0.1, 0.15) is 38.5 Å². The summed E-state index contributed by atoms with van der Waals surface area (Å²) in [6.45, 7) is 0.603. The quantitative estimate of drug-likeness (QED) is 0.761. The number of carbonyl (C=O) groups excluding carboxylic acids is 1. The van der Waals surface area contributed by atoms with E-state index in [0.717, 1.165) is 25.7 Å². The lowest BCUT2D eigenvalue weighted by Crippen LogP contribution is -2.48. The summed E-state index contributed by atoms with van der Waals surface area (Å²) in [6.07, 6.45) is 9.15. The number of rotatable bonds is 3. The van der Waals surface area contributed by atoms with Crippen molar-refractivity contribution in [2.24, 2.45) is 5.92 Å². The molecule has 0 aromatic carbocycles. The molecule has 1 fully saturated rings. The molecule has 1 amide bonds. The van der Waals surface area contributed by atoms with Gasteiger partial charge in [0.2, 0.25) is 5.91 Å². The van der Waals surface area contributed by atoms with Gasteiger partial charge in [-0.2, -0.15) is 0 Å². The highest BCUT2D eigenvalue weighted by Crippen LogP contribution is 2.24. The van der Waals surface area contributed by atoms with Crippen LogP contribution in [0, 0.1) is 5.92 Å². The van der Waals surface area contributed by atoms with Crippen LogP contribution in [0.4, 0.5) is 0 Å². The van der Waals surface area contributed by atoms with Crippen molar-refractivity contribution in [3.8, 4) is 0 Å². The summed E-state index contributed by atoms with van der Waals surface area (Å²) in [6, 6.07) is -0.596. The van der Waals surface area contributed by atoms with Gasteiger partial charge >= 0.3 is 5.97 Å². The average Bonchev–Trinajstić information content (AvgIpc) is 2.81. The van der Waals surface area contributed by atoms with Crippen LogP contribution in [0.25, 0.3) is 0 Å². The van der Waals surface area contributed by atoms with Crippen molar-refractivity contribution >= 4 is 11.9 Å². The molecular formula is C13H19NO3. The highest BCUT2D eigenvalue weighted by molar-refractivity contribution is 5.84. The maximum absolute atomic E-state index is 12.1. The van der Waals surface area contributed by atoms with Crippen molar-refractivity contribution in [2.45, 2.75) is 44.6 Å². The first kappa shape index (κ1) is 12.1. The lowest BCUT2D eigenvalue weighted by atomic mass is 9.99. The lowest BCUT2D eigenvalue weighted by Gasteiger charge is -2.33. The first-order valence-electron chi connectivity index (χ1n) is 6.37. The maximum Gasteiger partial charge on any atom is 0.326 e. The van der Waals surface area contributed by atoms with Crippen molar-refractivity contribution in [1.29, 1.82) is 0 Å². The van der Waals surface area contributed by atoms with E-state index in [2.05, 4.69) is 12.2 Å². The van der Waals surface area contributed by atoms with Crippen LogP contribution >= 0.6 is 0 Å². The smallest absolute Gasteiger partial charge is 0.326 e. The van der Waals surface area contributed by atoms with Crippen molar-refractivity contribution in [3.63, 3.8) is 0 Å². The third-order valence-corrected chi connectivity index (χ3v) is 3.66. The molecule has 1 N–H and O–H groups in total. The van der Waals surface area contributed by atoms with E-state index in [1.54, 1.807) is 4.90 Å². The molecular weight excluding hydrogens is 218 g/mol. The Bertz CT molecular complexity index is 338. The van der Waals surface area contributed by atoms with Crippen LogP contribution < -0.4 is 0 Å². The summed E-state index contributed by atoms with van der Waals surface area (Å²) in [4.78, 5) is 24.8. The second kappa shape index (κ2) is 5.34. The molecule has 0 unspecified atom stereocenters. The Morgan fingerprint density at radius 2 is 2.12 bits per heavy atom. The molecule has 2 rings (SSSR count). The Labute approximate surface area is 101 Å². The highest BCUT2D eigenvalue weighted by atomic mass is 16.4. The molecule has 1 heterocycles. The zero-order valence-corrected chi connectivity index (χ0v) is 9.97. The molecule has 1 aliphatic carbocycles. The fourth-order valence-electron chi connectivity index (χ4n) is 2.69. The molecule has 0 spiro atoms. The van der Waals surface area contributed by atoms with Gasteiger partial charge in [-0.15, -0.1) is 0 Å². The Hall–Kier alpha value is -1.32. The Kier molecular flexibility index (Phi) is 3.82. The van der Waals surface area contributed by atoms with E-state index in [9.17, 15) is 9.59 Å². The van der Waals surface area contributed by atoms with Crippen LogP contribution in [-0.2, 0) is 9.59 Å². The van der Waals surface area contributed by atoms with Crippen molar-refractivity contribution in [1.82, 2.24) is 4.90 Å². The number of amides is 1. The molecule has 1 aliphatic heterocycles. The van der Waals surface area contributed by atoms with Crippen LogP contribution in [0.3, 0.4) is 0 Å². The van der Waals surface area contributed by atoms with Gasteiger partial charge in [-0.1, -0.05) is 12.2 Å². The standard InChI is InChI=1S/C13H19NO3/c15-12(9-10-5-1-2-6-10)14-8-4-3-7-11(14)13(16)17/h1,5,10-11H,2-4,6-9H2,(H,16,17)/t10-,11-/m1/s1. The highest BCUT2D eigenvalue weighted by Gasteiger charge is 2.32. The van der Waals surface area contributed by atoms with Crippen molar-refractivity contribution in [3.05, 3.63) is 12.2 Å². The fraction of sp³-hybridized carbons (Fsp3) is 0.692. The first-order valence-corrected chi connectivity index (χ1v) is 6.37. The molecule has 0 aromatic rings. The molecule has 1 saturated heterocycles. The van der Waals surface area contributed by atoms with Crippen LogP contribution in [-0.4, -0.2) is 34.5 Å². The van der Waals surface area contributed by atoms with Gasteiger partial charge in [-0.05, 0) is 38.0 Å². The van der Waals surface area contributed by atoms with E-state index < -0.39 is 12.0 Å². The lowest BCUT2D eigenvalue weighted by molar-refractivity contribution is -0.152. The molecule has 2 atom stereocenters. The summed E-state index contributed by atoms with van der Waals surface area (Å²) < 4.78 is 0. The number of aliphatic carboxylic acids is 1. The number of hydrogen-bond acceptors (Lipinski definition) is 2. The molecule has 0 bridgehead atoms. The van der Waals surface area contributed by atoms with E-state index in [1.165, 1.54) is 0 Å². The van der Waals surface area contributed by atoms with Gasteiger partial charge in [0.05, 0.1) is 0 Å². The predicted molar refractivity (Wildman–Crippen MR) is 63.5 cm³/mol. The van der Waals surface area contributed by atoms with E-state index in [-0.39, 0.29) is 5.91 Å². The number of hydrogen-bond donors (Lipinski definition) is 1. The van der Waals surface area contributed by atoms with Gasteiger partial charge in [0, 0.05) is 13.0 Å². The molecule has 2 aliphatic rings. The van der Waals surface area contributed by atoms with E-state index in [4.69, 9.17) is 5.11 Å². The summed E-state index contributed by atoms with van der Waals surface area (Å²) in [5.74, 6) is -0.535. The number of piperidine rings is 1. The van der Waals surface area contributed by atoms with Crippen LogP contribution in [0.2, 0.25) is 0 Å². The third kappa shape index (κ3) is 2.87. The number of nitrogens with zero attached hydrogens (tertiary/aromatic N) is 1. The van der Waals surface area contributed by atoms with Crippen molar-refractivity contribution in [2.75, 3.05) is 6.54 Å². The zero-order valence-electron chi connectivity index (χ0n) is 9.97. The van der Waals surface area contributed by atoms with Crippen LogP contribution in [0.5, 0.6) is 0 Å². The minimum absolute atomic E-state index is 0.00801. The minimum atomic E-state index is -0.861. The van der Waals surface area contributed by atoms with Gasteiger partial charge in [-0.25, -0.2) is 4.79 Å². The molecule has 17 heavy (non-hydrogen) atoms. The Morgan fingerprint density at radius 3 is 2.76 bits per heavy atom. The second-order valence-electron chi connectivity index (χ2n) is 4.91. The van der Waals surface area contributed by atoms with Gasteiger partial charge in [0.25, 0.3) is 0 Å². The first-order chi connectivity index (χ1) is 8.18. The number of likely N-dealkylation sites (tertiary alicyclic amines) is 1. The van der Waals surface area contributed by atoms with Gasteiger partial charge < -0.3 is 10.0 Å².